The summed E-state index contributed by atoms with van der Waals surface area (Å²) in [5.41, 5.74) is 1.11. The Kier molecular flexibility index (Phi) is 3.54. The SMILES string of the molecule is O=C[C@H]1CN(CC(=O)O)C[C@@H]1c1ccccc1. The fourth-order valence-electron chi connectivity index (χ4n) is 2.42. The molecule has 4 nitrogen and oxygen atoms in total. The van der Waals surface area contributed by atoms with Crippen molar-refractivity contribution in [2.45, 2.75) is 5.92 Å². The van der Waals surface area contributed by atoms with E-state index in [1.54, 1.807) is 0 Å². The summed E-state index contributed by atoms with van der Waals surface area (Å²) in [6.07, 6.45) is 0.944. The van der Waals surface area contributed by atoms with Gasteiger partial charge in [-0.3, -0.25) is 9.69 Å². The first-order chi connectivity index (χ1) is 8.20. The van der Waals surface area contributed by atoms with Gasteiger partial charge in [0.2, 0.25) is 0 Å². The molecule has 1 N–H and O–H groups in total. The van der Waals surface area contributed by atoms with Crippen LogP contribution in [0.15, 0.2) is 30.3 Å². The number of carbonyl (C=O) groups is 2. The molecule has 0 amide bonds. The first-order valence-corrected chi connectivity index (χ1v) is 5.65. The molecule has 2 rings (SSSR count). The zero-order chi connectivity index (χ0) is 12.3. The average Bonchev–Trinajstić information content (AvgIpc) is 2.72. The Morgan fingerprint density at radius 3 is 2.65 bits per heavy atom. The maximum Gasteiger partial charge on any atom is 0.317 e. The lowest BCUT2D eigenvalue weighted by atomic mass is 9.90. The highest BCUT2D eigenvalue weighted by Crippen LogP contribution is 2.30. The molecule has 90 valence electrons. The average molecular weight is 233 g/mol. The van der Waals surface area contributed by atoms with E-state index in [9.17, 15) is 9.59 Å². The summed E-state index contributed by atoms with van der Waals surface area (Å²) >= 11 is 0. The van der Waals surface area contributed by atoms with Crippen LogP contribution in [-0.4, -0.2) is 41.9 Å². The van der Waals surface area contributed by atoms with Gasteiger partial charge in [-0.25, -0.2) is 0 Å². The summed E-state index contributed by atoms with van der Waals surface area (Å²) in [5.74, 6) is -0.826. The molecule has 0 aromatic heterocycles. The second-order valence-corrected chi connectivity index (χ2v) is 4.40. The third-order valence-electron chi connectivity index (χ3n) is 3.20. The smallest absolute Gasteiger partial charge is 0.317 e. The van der Waals surface area contributed by atoms with Crippen LogP contribution >= 0.6 is 0 Å². The minimum absolute atomic E-state index is 0.00761. The van der Waals surface area contributed by atoms with Gasteiger partial charge in [0.05, 0.1) is 6.54 Å². The van der Waals surface area contributed by atoms with Crippen molar-refractivity contribution < 1.29 is 14.7 Å². The van der Waals surface area contributed by atoms with Crippen molar-refractivity contribution in [1.29, 1.82) is 0 Å². The lowest BCUT2D eigenvalue weighted by molar-refractivity contribution is -0.138. The Morgan fingerprint density at radius 1 is 1.35 bits per heavy atom. The fourth-order valence-corrected chi connectivity index (χ4v) is 2.42. The van der Waals surface area contributed by atoms with E-state index < -0.39 is 5.97 Å². The number of benzene rings is 1. The molecule has 0 spiro atoms. The number of carboxylic acid groups (broad SMARTS) is 1. The molecule has 17 heavy (non-hydrogen) atoms. The number of rotatable bonds is 4. The van der Waals surface area contributed by atoms with Gasteiger partial charge < -0.3 is 9.90 Å². The Hall–Kier alpha value is -1.68. The van der Waals surface area contributed by atoms with Crippen molar-refractivity contribution in [3.8, 4) is 0 Å². The molecule has 1 heterocycles. The van der Waals surface area contributed by atoms with E-state index >= 15 is 0 Å². The number of aldehydes is 1. The molecule has 1 aliphatic rings. The largest absolute Gasteiger partial charge is 0.480 e. The molecule has 0 unspecified atom stereocenters. The molecule has 1 saturated heterocycles. The number of carboxylic acids is 1. The van der Waals surface area contributed by atoms with Crippen LogP contribution in [0.2, 0.25) is 0 Å². The standard InChI is InChI=1S/C13H15NO3/c15-9-11-6-14(8-13(16)17)7-12(11)10-4-2-1-3-5-10/h1-5,9,11-12H,6-8H2,(H,16,17)/t11-,12-/m1/s1. The van der Waals surface area contributed by atoms with Crippen molar-refractivity contribution in [3.63, 3.8) is 0 Å². The summed E-state index contributed by atoms with van der Waals surface area (Å²) in [6, 6.07) is 9.80. The van der Waals surface area contributed by atoms with E-state index in [-0.39, 0.29) is 18.4 Å². The topological polar surface area (TPSA) is 57.6 Å². The van der Waals surface area contributed by atoms with Crippen molar-refractivity contribution in [1.82, 2.24) is 4.90 Å². The zero-order valence-corrected chi connectivity index (χ0v) is 9.45. The molecular weight excluding hydrogens is 218 g/mol. The molecule has 1 aliphatic heterocycles. The quantitative estimate of drug-likeness (QED) is 0.788. The lowest BCUT2D eigenvalue weighted by Gasteiger charge is -2.14. The number of hydrogen-bond acceptors (Lipinski definition) is 3. The molecule has 0 saturated carbocycles. The summed E-state index contributed by atoms with van der Waals surface area (Å²) in [5, 5.41) is 8.76. The van der Waals surface area contributed by atoms with E-state index in [0.29, 0.717) is 13.1 Å². The van der Waals surface area contributed by atoms with Crippen LogP contribution in [0.25, 0.3) is 0 Å². The van der Waals surface area contributed by atoms with Crippen molar-refractivity contribution >= 4 is 12.3 Å². The number of nitrogens with zero attached hydrogens (tertiary/aromatic N) is 1. The van der Waals surface area contributed by atoms with E-state index in [1.165, 1.54) is 0 Å². The molecule has 1 aromatic carbocycles. The molecule has 1 fully saturated rings. The number of aliphatic carboxylic acids is 1. The van der Waals surface area contributed by atoms with Crippen LogP contribution in [0.3, 0.4) is 0 Å². The maximum absolute atomic E-state index is 11.0. The van der Waals surface area contributed by atoms with Crippen LogP contribution in [0.4, 0.5) is 0 Å². The molecule has 4 heteroatoms. The van der Waals surface area contributed by atoms with Gasteiger partial charge in [0.25, 0.3) is 0 Å². The van der Waals surface area contributed by atoms with Gasteiger partial charge in [-0.1, -0.05) is 30.3 Å². The van der Waals surface area contributed by atoms with E-state index in [0.717, 1.165) is 11.8 Å². The van der Waals surface area contributed by atoms with Crippen LogP contribution in [0, 0.1) is 5.92 Å². The fraction of sp³-hybridized carbons (Fsp3) is 0.385. The normalized spacial score (nSPS) is 24.7. The summed E-state index contributed by atoms with van der Waals surface area (Å²) in [6.45, 7) is 1.18. The van der Waals surface area contributed by atoms with E-state index in [2.05, 4.69) is 0 Å². The van der Waals surface area contributed by atoms with Gasteiger partial charge in [0.15, 0.2) is 0 Å². The Balaban J connectivity index is 2.12. The van der Waals surface area contributed by atoms with Gasteiger partial charge in [0.1, 0.15) is 6.29 Å². The number of hydrogen-bond donors (Lipinski definition) is 1. The number of likely N-dealkylation sites (tertiary alicyclic amines) is 1. The highest BCUT2D eigenvalue weighted by molar-refractivity contribution is 5.69. The van der Waals surface area contributed by atoms with Crippen molar-refractivity contribution in [2.24, 2.45) is 5.92 Å². The molecular formula is C13H15NO3. The Bertz CT molecular complexity index is 404. The maximum atomic E-state index is 11.0. The minimum Gasteiger partial charge on any atom is -0.480 e. The zero-order valence-electron chi connectivity index (χ0n) is 9.45. The Labute approximate surface area is 99.9 Å². The predicted octanol–water partition coefficient (Wildman–Crippen LogP) is 0.985. The lowest BCUT2D eigenvalue weighted by Crippen LogP contribution is -2.27. The van der Waals surface area contributed by atoms with Crippen LogP contribution in [0.1, 0.15) is 11.5 Å². The molecule has 0 aliphatic carbocycles. The van der Waals surface area contributed by atoms with Crippen LogP contribution in [0.5, 0.6) is 0 Å². The second kappa shape index (κ2) is 5.10. The monoisotopic (exact) mass is 233 g/mol. The van der Waals surface area contributed by atoms with Gasteiger partial charge in [-0.15, -0.1) is 0 Å². The molecule has 0 radical (unpaired) electrons. The summed E-state index contributed by atoms with van der Waals surface area (Å²) < 4.78 is 0. The molecule has 0 bridgehead atoms. The van der Waals surface area contributed by atoms with Crippen LogP contribution in [-0.2, 0) is 9.59 Å². The third-order valence-corrected chi connectivity index (χ3v) is 3.20. The van der Waals surface area contributed by atoms with Crippen molar-refractivity contribution in [3.05, 3.63) is 35.9 Å². The van der Waals surface area contributed by atoms with Crippen LogP contribution < -0.4 is 0 Å². The van der Waals surface area contributed by atoms with Gasteiger partial charge >= 0.3 is 5.97 Å². The predicted molar refractivity (Wildman–Crippen MR) is 62.8 cm³/mol. The van der Waals surface area contributed by atoms with Gasteiger partial charge in [-0.05, 0) is 5.56 Å². The molecule has 1 aromatic rings. The first-order valence-electron chi connectivity index (χ1n) is 5.65. The summed E-state index contributed by atoms with van der Waals surface area (Å²) in [4.78, 5) is 23.5. The van der Waals surface area contributed by atoms with E-state index in [1.807, 2.05) is 35.2 Å². The first kappa shape index (κ1) is 11.8. The van der Waals surface area contributed by atoms with Gasteiger partial charge in [-0.2, -0.15) is 0 Å². The Morgan fingerprint density at radius 2 is 2.06 bits per heavy atom. The van der Waals surface area contributed by atoms with Gasteiger partial charge in [0, 0.05) is 24.9 Å². The highest BCUT2D eigenvalue weighted by Gasteiger charge is 2.34. The second-order valence-electron chi connectivity index (χ2n) is 4.40. The van der Waals surface area contributed by atoms with E-state index in [4.69, 9.17) is 5.11 Å². The molecule has 2 atom stereocenters. The minimum atomic E-state index is -0.844. The highest BCUT2D eigenvalue weighted by atomic mass is 16.4. The number of carbonyl (C=O) groups excluding carboxylic acids is 1. The summed E-state index contributed by atoms with van der Waals surface area (Å²) in [7, 11) is 0. The third kappa shape index (κ3) is 2.71. The van der Waals surface area contributed by atoms with Crippen molar-refractivity contribution in [2.75, 3.05) is 19.6 Å².